The third-order valence-corrected chi connectivity index (χ3v) is 6.12. The first kappa shape index (κ1) is 19.2. The van der Waals surface area contributed by atoms with Gasteiger partial charge in [-0.1, -0.05) is 23.8 Å². The van der Waals surface area contributed by atoms with Crippen LogP contribution in [-0.4, -0.2) is 47.5 Å². The van der Waals surface area contributed by atoms with Crippen molar-refractivity contribution >= 4 is 0 Å². The molecule has 2 aliphatic heterocycles. The summed E-state index contributed by atoms with van der Waals surface area (Å²) < 4.78 is 11.6. The molecule has 5 nitrogen and oxygen atoms in total. The van der Waals surface area contributed by atoms with Crippen LogP contribution in [0.2, 0.25) is 0 Å². The van der Waals surface area contributed by atoms with Gasteiger partial charge in [-0.05, 0) is 49.6 Å². The van der Waals surface area contributed by atoms with E-state index in [1.807, 2.05) is 49.4 Å². The van der Waals surface area contributed by atoms with Crippen molar-refractivity contribution < 1.29 is 19.7 Å². The number of aliphatic hydroxyl groups excluding tert-OH is 2. The summed E-state index contributed by atoms with van der Waals surface area (Å²) in [5, 5.41) is 21.2. The number of piperidine rings is 1. The summed E-state index contributed by atoms with van der Waals surface area (Å²) in [7, 11) is 1.64. The second-order valence-corrected chi connectivity index (χ2v) is 8.14. The van der Waals surface area contributed by atoms with Crippen LogP contribution in [0.5, 0.6) is 11.5 Å². The maximum absolute atomic E-state index is 10.7. The molecule has 2 aromatic rings. The molecule has 2 unspecified atom stereocenters. The maximum Gasteiger partial charge on any atom is 0.125 e. The van der Waals surface area contributed by atoms with Crippen LogP contribution in [0.15, 0.2) is 42.5 Å². The standard InChI is InChI=1S/C23H29NO4/c1-16-3-8-22-19(13-16)20(25)14-23(28-22)9-11-24(12-10-23)15-21(26)17-4-6-18(27-2)7-5-17/h3-8,13,20-21,25-26H,9-12,14-15H2,1-2H3. The Bertz CT molecular complexity index is 812. The molecule has 28 heavy (non-hydrogen) atoms. The van der Waals surface area contributed by atoms with E-state index < -0.39 is 12.2 Å². The molecule has 1 spiro atoms. The van der Waals surface area contributed by atoms with E-state index in [0.717, 1.165) is 54.1 Å². The molecule has 0 radical (unpaired) electrons. The van der Waals surface area contributed by atoms with E-state index >= 15 is 0 Å². The first-order valence-electron chi connectivity index (χ1n) is 10.00. The Morgan fingerprint density at radius 3 is 2.57 bits per heavy atom. The fourth-order valence-corrected chi connectivity index (χ4v) is 4.38. The molecule has 1 fully saturated rings. The average Bonchev–Trinajstić information content (AvgIpc) is 2.71. The monoisotopic (exact) mass is 383 g/mol. The number of likely N-dealkylation sites (tertiary alicyclic amines) is 1. The lowest BCUT2D eigenvalue weighted by Crippen LogP contribution is -2.51. The van der Waals surface area contributed by atoms with Crippen molar-refractivity contribution in [1.82, 2.24) is 4.90 Å². The minimum Gasteiger partial charge on any atom is -0.497 e. The van der Waals surface area contributed by atoms with E-state index in [-0.39, 0.29) is 5.60 Å². The van der Waals surface area contributed by atoms with Crippen LogP contribution in [0.4, 0.5) is 0 Å². The summed E-state index contributed by atoms with van der Waals surface area (Å²) in [4.78, 5) is 2.28. The van der Waals surface area contributed by atoms with Crippen molar-refractivity contribution in [2.75, 3.05) is 26.7 Å². The first-order chi connectivity index (χ1) is 13.5. The summed E-state index contributed by atoms with van der Waals surface area (Å²) in [6.07, 6.45) is 1.35. The Labute approximate surface area is 166 Å². The van der Waals surface area contributed by atoms with E-state index in [4.69, 9.17) is 9.47 Å². The molecule has 0 aromatic heterocycles. The van der Waals surface area contributed by atoms with Crippen molar-refractivity contribution in [3.05, 3.63) is 59.2 Å². The van der Waals surface area contributed by atoms with E-state index in [2.05, 4.69) is 4.90 Å². The van der Waals surface area contributed by atoms with Gasteiger partial charge in [-0.3, -0.25) is 0 Å². The summed E-state index contributed by atoms with van der Waals surface area (Å²) in [6.45, 7) is 4.33. The molecule has 2 aromatic carbocycles. The number of aryl methyl sites for hydroxylation is 1. The molecule has 2 heterocycles. The quantitative estimate of drug-likeness (QED) is 0.847. The number of nitrogens with zero attached hydrogens (tertiary/aromatic N) is 1. The van der Waals surface area contributed by atoms with Crippen molar-refractivity contribution in [3.8, 4) is 11.5 Å². The lowest BCUT2D eigenvalue weighted by Gasteiger charge is -2.46. The zero-order valence-electron chi connectivity index (χ0n) is 16.6. The van der Waals surface area contributed by atoms with Crippen LogP contribution in [0, 0.1) is 6.92 Å². The van der Waals surface area contributed by atoms with Gasteiger partial charge in [0.25, 0.3) is 0 Å². The molecule has 0 aliphatic carbocycles. The number of hydrogen-bond donors (Lipinski definition) is 2. The Morgan fingerprint density at radius 2 is 1.89 bits per heavy atom. The molecule has 4 rings (SSSR count). The Hall–Kier alpha value is -2.08. The molecule has 5 heteroatoms. The highest BCUT2D eigenvalue weighted by Gasteiger charge is 2.43. The third-order valence-electron chi connectivity index (χ3n) is 6.12. The van der Waals surface area contributed by atoms with Crippen LogP contribution in [-0.2, 0) is 0 Å². The summed E-state index contributed by atoms with van der Waals surface area (Å²) >= 11 is 0. The lowest BCUT2D eigenvalue weighted by atomic mass is 9.81. The van der Waals surface area contributed by atoms with E-state index in [1.165, 1.54) is 0 Å². The maximum atomic E-state index is 10.7. The molecule has 2 N–H and O–H groups in total. The van der Waals surface area contributed by atoms with E-state index in [0.29, 0.717) is 13.0 Å². The highest BCUT2D eigenvalue weighted by molar-refractivity contribution is 5.41. The van der Waals surface area contributed by atoms with Gasteiger partial charge in [0.1, 0.15) is 17.1 Å². The van der Waals surface area contributed by atoms with Gasteiger partial charge in [0.05, 0.1) is 19.3 Å². The van der Waals surface area contributed by atoms with Gasteiger partial charge in [-0.25, -0.2) is 0 Å². The predicted molar refractivity (Wildman–Crippen MR) is 108 cm³/mol. The highest BCUT2D eigenvalue weighted by atomic mass is 16.5. The zero-order chi connectivity index (χ0) is 19.7. The van der Waals surface area contributed by atoms with Crippen molar-refractivity contribution in [2.24, 2.45) is 0 Å². The van der Waals surface area contributed by atoms with Gasteiger partial charge in [-0.2, -0.15) is 0 Å². The number of aliphatic hydroxyl groups is 2. The molecule has 2 atom stereocenters. The number of fused-ring (bicyclic) bond motifs is 1. The molecule has 1 saturated heterocycles. The van der Waals surface area contributed by atoms with E-state index in [9.17, 15) is 10.2 Å². The smallest absolute Gasteiger partial charge is 0.125 e. The van der Waals surface area contributed by atoms with Crippen molar-refractivity contribution in [2.45, 2.75) is 44.0 Å². The summed E-state index contributed by atoms with van der Waals surface area (Å²) in [6, 6.07) is 13.6. The van der Waals surface area contributed by atoms with Gasteiger partial charge in [0.15, 0.2) is 0 Å². The number of methoxy groups -OCH3 is 1. The number of benzene rings is 2. The van der Waals surface area contributed by atoms with Crippen LogP contribution < -0.4 is 9.47 Å². The molecule has 150 valence electrons. The lowest BCUT2D eigenvalue weighted by molar-refractivity contribution is -0.0588. The van der Waals surface area contributed by atoms with Gasteiger partial charge in [0, 0.05) is 31.6 Å². The Morgan fingerprint density at radius 1 is 1.18 bits per heavy atom. The third kappa shape index (κ3) is 3.88. The molecule has 2 aliphatic rings. The average molecular weight is 383 g/mol. The number of ether oxygens (including phenoxy) is 2. The predicted octanol–water partition coefficient (Wildman–Crippen LogP) is 3.39. The van der Waals surface area contributed by atoms with Gasteiger partial charge < -0.3 is 24.6 Å². The minimum absolute atomic E-state index is 0.302. The van der Waals surface area contributed by atoms with E-state index in [1.54, 1.807) is 7.11 Å². The molecular formula is C23H29NO4. The van der Waals surface area contributed by atoms with Crippen molar-refractivity contribution in [1.29, 1.82) is 0 Å². The van der Waals surface area contributed by atoms with Gasteiger partial charge in [-0.15, -0.1) is 0 Å². The Kier molecular flexibility index (Phi) is 5.32. The second kappa shape index (κ2) is 7.74. The largest absolute Gasteiger partial charge is 0.497 e. The topological polar surface area (TPSA) is 62.2 Å². The van der Waals surface area contributed by atoms with Gasteiger partial charge in [0.2, 0.25) is 0 Å². The highest BCUT2D eigenvalue weighted by Crippen LogP contribution is 2.44. The fraction of sp³-hybridized carbons (Fsp3) is 0.478. The van der Waals surface area contributed by atoms with Crippen LogP contribution >= 0.6 is 0 Å². The SMILES string of the molecule is COc1ccc(C(O)CN2CCC3(CC2)CC(O)c2cc(C)ccc2O3)cc1. The molecule has 0 bridgehead atoms. The summed E-state index contributed by atoms with van der Waals surface area (Å²) in [5.41, 5.74) is 2.64. The van der Waals surface area contributed by atoms with Crippen LogP contribution in [0.25, 0.3) is 0 Å². The second-order valence-electron chi connectivity index (χ2n) is 8.14. The minimum atomic E-state index is -0.526. The summed E-state index contributed by atoms with van der Waals surface area (Å²) in [5.74, 6) is 1.61. The fourth-order valence-electron chi connectivity index (χ4n) is 4.38. The first-order valence-corrected chi connectivity index (χ1v) is 10.00. The van der Waals surface area contributed by atoms with Crippen LogP contribution in [0.1, 0.15) is 48.2 Å². The molecule has 0 saturated carbocycles. The van der Waals surface area contributed by atoms with Crippen LogP contribution in [0.3, 0.4) is 0 Å². The number of rotatable bonds is 4. The van der Waals surface area contributed by atoms with Crippen molar-refractivity contribution in [3.63, 3.8) is 0 Å². The normalized spacial score (nSPS) is 22.4. The number of β-amino-alcohol motifs (C(OH)–C–C–N with tert-alkyl or cyclic N) is 1. The van der Waals surface area contributed by atoms with Gasteiger partial charge >= 0.3 is 0 Å². The molecular weight excluding hydrogens is 354 g/mol. The number of hydrogen-bond acceptors (Lipinski definition) is 5. The molecule has 0 amide bonds. The Balaban J connectivity index is 1.37. The zero-order valence-corrected chi connectivity index (χ0v) is 16.6.